The summed E-state index contributed by atoms with van der Waals surface area (Å²) in [7, 11) is 0. The highest BCUT2D eigenvalue weighted by molar-refractivity contribution is 7.22. The summed E-state index contributed by atoms with van der Waals surface area (Å²) < 4.78 is 28.6. The average Bonchev–Trinajstić information content (AvgIpc) is 3.13. The zero-order chi connectivity index (χ0) is 21.3. The standard InChI is InChI=1S/C22H24F2N4OS/c1-14-12-15(2)20-18(13-14)26-22(30-20)28-10-8-27(9-11-28)7-6-25-21(29)19-16(23)4-3-5-17(19)24/h3-5,12-13H,6-11H2,1-2H3,(H,25,29). The molecule has 4 rings (SSSR count). The van der Waals surface area contributed by atoms with E-state index in [-0.39, 0.29) is 0 Å². The summed E-state index contributed by atoms with van der Waals surface area (Å²) in [6.07, 6.45) is 0. The van der Waals surface area contributed by atoms with Gasteiger partial charge in [-0.1, -0.05) is 23.5 Å². The average molecular weight is 431 g/mol. The second kappa shape index (κ2) is 8.65. The van der Waals surface area contributed by atoms with E-state index in [2.05, 4.69) is 41.1 Å². The van der Waals surface area contributed by atoms with Gasteiger partial charge in [0.2, 0.25) is 0 Å². The fraction of sp³-hybridized carbons (Fsp3) is 0.364. The van der Waals surface area contributed by atoms with Crippen LogP contribution < -0.4 is 10.2 Å². The van der Waals surface area contributed by atoms with Crippen LogP contribution in [-0.4, -0.2) is 55.1 Å². The normalized spacial score (nSPS) is 15.0. The SMILES string of the molecule is Cc1cc(C)c2sc(N3CCN(CCNC(=O)c4c(F)cccc4F)CC3)nc2c1. The summed E-state index contributed by atoms with van der Waals surface area (Å²) in [5.74, 6) is -2.41. The van der Waals surface area contributed by atoms with Crippen molar-refractivity contribution in [2.45, 2.75) is 13.8 Å². The van der Waals surface area contributed by atoms with Gasteiger partial charge in [0.1, 0.15) is 17.2 Å². The molecule has 1 N–H and O–H groups in total. The third-order valence-electron chi connectivity index (χ3n) is 5.36. The van der Waals surface area contributed by atoms with Crippen LogP contribution in [0.5, 0.6) is 0 Å². The molecule has 2 aromatic carbocycles. The Morgan fingerprint density at radius 3 is 2.53 bits per heavy atom. The number of aryl methyl sites for hydroxylation is 2. The number of rotatable bonds is 5. The number of carbonyl (C=O) groups is 1. The predicted molar refractivity (Wildman–Crippen MR) is 116 cm³/mol. The van der Waals surface area contributed by atoms with Crippen molar-refractivity contribution in [3.05, 3.63) is 58.7 Å². The maximum atomic E-state index is 13.7. The summed E-state index contributed by atoms with van der Waals surface area (Å²) in [5.41, 5.74) is 3.01. The van der Waals surface area contributed by atoms with Crippen molar-refractivity contribution in [3.8, 4) is 0 Å². The van der Waals surface area contributed by atoms with Crippen molar-refractivity contribution in [1.29, 1.82) is 0 Å². The fourth-order valence-electron chi connectivity index (χ4n) is 3.79. The molecule has 2 heterocycles. The molecule has 158 valence electrons. The van der Waals surface area contributed by atoms with Crippen molar-refractivity contribution in [1.82, 2.24) is 15.2 Å². The first kappa shape index (κ1) is 20.7. The van der Waals surface area contributed by atoms with Crippen molar-refractivity contribution in [3.63, 3.8) is 0 Å². The molecule has 0 saturated carbocycles. The van der Waals surface area contributed by atoms with Crippen LogP contribution in [0.3, 0.4) is 0 Å². The number of anilines is 1. The molecule has 5 nitrogen and oxygen atoms in total. The predicted octanol–water partition coefficient (Wildman–Crippen LogP) is 3.74. The van der Waals surface area contributed by atoms with Crippen LogP contribution in [-0.2, 0) is 0 Å². The Morgan fingerprint density at radius 2 is 1.83 bits per heavy atom. The highest BCUT2D eigenvalue weighted by Gasteiger charge is 2.21. The van der Waals surface area contributed by atoms with Gasteiger partial charge in [-0.15, -0.1) is 0 Å². The van der Waals surface area contributed by atoms with Gasteiger partial charge in [0.15, 0.2) is 5.13 Å². The lowest BCUT2D eigenvalue weighted by Crippen LogP contribution is -2.48. The van der Waals surface area contributed by atoms with E-state index in [1.165, 1.54) is 21.9 Å². The lowest BCUT2D eigenvalue weighted by Gasteiger charge is -2.34. The third kappa shape index (κ3) is 4.29. The Hall–Kier alpha value is -2.58. The first-order chi connectivity index (χ1) is 14.4. The van der Waals surface area contributed by atoms with Crippen molar-refractivity contribution in [2.75, 3.05) is 44.2 Å². The number of halogens is 2. The first-order valence-corrected chi connectivity index (χ1v) is 10.8. The number of nitrogens with one attached hydrogen (secondary N) is 1. The number of carbonyl (C=O) groups excluding carboxylic acids is 1. The number of aromatic nitrogens is 1. The van der Waals surface area contributed by atoms with E-state index in [0.717, 1.165) is 49.0 Å². The maximum absolute atomic E-state index is 13.7. The molecule has 1 aliphatic rings. The first-order valence-electron chi connectivity index (χ1n) is 9.99. The molecule has 0 radical (unpaired) electrons. The zero-order valence-electron chi connectivity index (χ0n) is 17.0. The maximum Gasteiger partial charge on any atom is 0.257 e. The Kier molecular flexibility index (Phi) is 5.97. The number of thiazole rings is 1. The highest BCUT2D eigenvalue weighted by atomic mass is 32.1. The Balaban J connectivity index is 1.29. The van der Waals surface area contributed by atoms with Gasteiger partial charge in [0.25, 0.3) is 5.91 Å². The number of hydrogen-bond acceptors (Lipinski definition) is 5. The second-order valence-corrected chi connectivity index (χ2v) is 8.59. The quantitative estimate of drug-likeness (QED) is 0.670. The van der Waals surface area contributed by atoms with Crippen molar-refractivity contribution in [2.24, 2.45) is 0 Å². The number of benzene rings is 2. The fourth-order valence-corrected chi connectivity index (χ4v) is 4.86. The van der Waals surface area contributed by atoms with E-state index in [1.54, 1.807) is 11.3 Å². The van der Waals surface area contributed by atoms with Crippen LogP contribution in [0.25, 0.3) is 10.2 Å². The molecule has 0 spiro atoms. The van der Waals surface area contributed by atoms with E-state index in [0.29, 0.717) is 13.1 Å². The van der Waals surface area contributed by atoms with Crippen LogP contribution in [0.15, 0.2) is 30.3 Å². The number of hydrogen-bond donors (Lipinski definition) is 1. The highest BCUT2D eigenvalue weighted by Crippen LogP contribution is 2.32. The van der Waals surface area contributed by atoms with E-state index >= 15 is 0 Å². The smallest absolute Gasteiger partial charge is 0.257 e. The number of fused-ring (bicyclic) bond motifs is 1. The molecule has 1 aliphatic heterocycles. The second-order valence-electron chi connectivity index (χ2n) is 7.61. The van der Waals surface area contributed by atoms with Crippen LogP contribution in [0.1, 0.15) is 21.5 Å². The van der Waals surface area contributed by atoms with Crippen LogP contribution in [0.2, 0.25) is 0 Å². The van der Waals surface area contributed by atoms with Gasteiger partial charge < -0.3 is 10.2 Å². The molecule has 0 unspecified atom stereocenters. The van der Waals surface area contributed by atoms with Gasteiger partial charge in [-0.3, -0.25) is 9.69 Å². The number of nitrogens with zero attached hydrogens (tertiary/aromatic N) is 3. The molecule has 1 fully saturated rings. The molecule has 1 aromatic heterocycles. The third-order valence-corrected chi connectivity index (χ3v) is 6.62. The molecule has 0 bridgehead atoms. The van der Waals surface area contributed by atoms with Gasteiger partial charge in [-0.2, -0.15) is 0 Å². The summed E-state index contributed by atoms with van der Waals surface area (Å²) >= 11 is 1.73. The largest absolute Gasteiger partial charge is 0.351 e. The molecule has 3 aromatic rings. The van der Waals surface area contributed by atoms with Gasteiger partial charge in [-0.05, 0) is 43.2 Å². The van der Waals surface area contributed by atoms with Crippen LogP contribution >= 0.6 is 11.3 Å². The Labute approximate surface area is 178 Å². The van der Waals surface area contributed by atoms with E-state index in [4.69, 9.17) is 4.98 Å². The molecule has 1 amide bonds. The van der Waals surface area contributed by atoms with Crippen molar-refractivity contribution < 1.29 is 13.6 Å². The van der Waals surface area contributed by atoms with E-state index in [1.807, 2.05) is 0 Å². The van der Waals surface area contributed by atoms with Gasteiger partial charge in [0.05, 0.1) is 10.2 Å². The molecular weight excluding hydrogens is 406 g/mol. The monoisotopic (exact) mass is 430 g/mol. The lowest BCUT2D eigenvalue weighted by atomic mass is 10.1. The Morgan fingerprint density at radius 1 is 1.13 bits per heavy atom. The van der Waals surface area contributed by atoms with Crippen LogP contribution in [0, 0.1) is 25.5 Å². The molecule has 1 saturated heterocycles. The van der Waals surface area contributed by atoms with Gasteiger partial charge in [0, 0.05) is 39.3 Å². The number of amides is 1. The van der Waals surface area contributed by atoms with Crippen molar-refractivity contribution >= 4 is 32.6 Å². The summed E-state index contributed by atoms with van der Waals surface area (Å²) in [4.78, 5) is 21.4. The van der Waals surface area contributed by atoms with E-state index in [9.17, 15) is 13.6 Å². The zero-order valence-corrected chi connectivity index (χ0v) is 17.9. The van der Waals surface area contributed by atoms with Gasteiger partial charge >= 0.3 is 0 Å². The molecule has 0 atom stereocenters. The molecule has 8 heteroatoms. The molecular formula is C22H24F2N4OS. The summed E-state index contributed by atoms with van der Waals surface area (Å²) in [5, 5.41) is 3.66. The minimum atomic E-state index is -0.845. The topological polar surface area (TPSA) is 48.5 Å². The lowest BCUT2D eigenvalue weighted by molar-refractivity contribution is 0.0939. The minimum Gasteiger partial charge on any atom is -0.351 e. The molecule has 30 heavy (non-hydrogen) atoms. The molecule has 0 aliphatic carbocycles. The van der Waals surface area contributed by atoms with E-state index < -0.39 is 23.1 Å². The minimum absolute atomic E-state index is 0.340. The van der Waals surface area contributed by atoms with Crippen LogP contribution in [0.4, 0.5) is 13.9 Å². The Bertz CT molecular complexity index is 1060. The number of piperazine rings is 1. The summed E-state index contributed by atoms with van der Waals surface area (Å²) in [6, 6.07) is 7.72. The van der Waals surface area contributed by atoms with Gasteiger partial charge in [-0.25, -0.2) is 13.8 Å². The summed E-state index contributed by atoms with van der Waals surface area (Å²) in [6.45, 7) is 8.58.